The van der Waals surface area contributed by atoms with Crippen molar-refractivity contribution < 1.29 is 5.11 Å². The van der Waals surface area contributed by atoms with E-state index in [4.69, 9.17) is 0 Å². The highest BCUT2D eigenvalue weighted by Gasteiger charge is 2.26. The Kier molecular flexibility index (Phi) is 2.94. The lowest BCUT2D eigenvalue weighted by atomic mass is 10.1. The van der Waals surface area contributed by atoms with E-state index in [1.54, 1.807) is 0 Å². The second-order valence-electron chi connectivity index (χ2n) is 5.44. The van der Waals surface area contributed by atoms with Gasteiger partial charge in [-0.25, -0.2) is 0 Å². The molecule has 1 aromatic carbocycles. The van der Waals surface area contributed by atoms with Crippen molar-refractivity contribution >= 4 is 5.69 Å². The molecule has 1 aliphatic heterocycles. The molecule has 0 bridgehead atoms. The van der Waals surface area contributed by atoms with E-state index in [9.17, 15) is 5.11 Å². The van der Waals surface area contributed by atoms with Crippen LogP contribution >= 0.6 is 0 Å². The molecular formula is C14H21NO. The van der Waals surface area contributed by atoms with Gasteiger partial charge in [0, 0.05) is 18.3 Å². The highest BCUT2D eigenvalue weighted by molar-refractivity contribution is 5.59. The van der Waals surface area contributed by atoms with Crippen molar-refractivity contribution in [2.24, 2.45) is 0 Å². The number of rotatable bonds is 3. The van der Waals surface area contributed by atoms with Crippen LogP contribution in [0.5, 0.6) is 0 Å². The highest BCUT2D eigenvalue weighted by atomic mass is 16.3. The molecule has 0 spiro atoms. The molecular weight excluding hydrogens is 198 g/mol. The van der Waals surface area contributed by atoms with Crippen LogP contribution in [-0.4, -0.2) is 23.3 Å². The molecule has 1 N–H and O–H groups in total. The standard InChI is InChI=1S/C14H21NO/c1-11-10-12-6-4-5-7-13(12)15(11)9-8-14(2,3)16/h4-7,11,16H,8-10H2,1-3H3. The number of anilines is 1. The van der Waals surface area contributed by atoms with E-state index >= 15 is 0 Å². The third kappa shape index (κ3) is 2.38. The Labute approximate surface area is 97.9 Å². The Morgan fingerprint density at radius 1 is 1.38 bits per heavy atom. The van der Waals surface area contributed by atoms with E-state index in [1.165, 1.54) is 11.3 Å². The van der Waals surface area contributed by atoms with Crippen molar-refractivity contribution in [2.75, 3.05) is 11.4 Å². The fourth-order valence-electron chi connectivity index (χ4n) is 2.36. The van der Waals surface area contributed by atoms with Gasteiger partial charge in [-0.2, -0.15) is 0 Å². The maximum Gasteiger partial charge on any atom is 0.0608 e. The third-order valence-electron chi connectivity index (χ3n) is 3.31. The Balaban J connectivity index is 2.10. The molecule has 1 atom stereocenters. The minimum absolute atomic E-state index is 0.555. The maximum atomic E-state index is 9.79. The number of benzene rings is 1. The van der Waals surface area contributed by atoms with Crippen molar-refractivity contribution in [1.29, 1.82) is 0 Å². The maximum absolute atomic E-state index is 9.79. The average molecular weight is 219 g/mol. The first kappa shape index (κ1) is 11.5. The van der Waals surface area contributed by atoms with Crippen molar-refractivity contribution in [2.45, 2.75) is 45.3 Å². The van der Waals surface area contributed by atoms with Crippen LogP contribution < -0.4 is 4.90 Å². The smallest absolute Gasteiger partial charge is 0.0608 e. The Hall–Kier alpha value is -1.02. The van der Waals surface area contributed by atoms with Gasteiger partial charge < -0.3 is 10.0 Å². The zero-order valence-corrected chi connectivity index (χ0v) is 10.4. The molecule has 2 rings (SSSR count). The van der Waals surface area contributed by atoms with Crippen LogP contribution in [0.1, 0.15) is 32.8 Å². The fourth-order valence-corrected chi connectivity index (χ4v) is 2.36. The molecule has 0 aromatic heterocycles. The van der Waals surface area contributed by atoms with Crippen LogP contribution in [0.2, 0.25) is 0 Å². The van der Waals surface area contributed by atoms with Crippen LogP contribution in [0.15, 0.2) is 24.3 Å². The molecule has 0 aliphatic carbocycles. The van der Waals surface area contributed by atoms with Gasteiger partial charge in [-0.15, -0.1) is 0 Å². The van der Waals surface area contributed by atoms with Crippen molar-refractivity contribution in [1.82, 2.24) is 0 Å². The summed E-state index contributed by atoms with van der Waals surface area (Å²) in [4.78, 5) is 2.41. The minimum Gasteiger partial charge on any atom is -0.390 e. The summed E-state index contributed by atoms with van der Waals surface area (Å²) in [5.41, 5.74) is 2.21. The lowest BCUT2D eigenvalue weighted by Crippen LogP contribution is -2.34. The average Bonchev–Trinajstić information content (AvgIpc) is 2.49. The van der Waals surface area contributed by atoms with Crippen LogP contribution in [0.25, 0.3) is 0 Å². The summed E-state index contributed by atoms with van der Waals surface area (Å²) in [6, 6.07) is 9.14. The quantitative estimate of drug-likeness (QED) is 0.844. The molecule has 1 aromatic rings. The number of fused-ring (bicyclic) bond motifs is 1. The summed E-state index contributed by atoms with van der Waals surface area (Å²) in [5.74, 6) is 0. The first-order valence-electron chi connectivity index (χ1n) is 6.04. The van der Waals surface area contributed by atoms with E-state index in [1.807, 2.05) is 13.8 Å². The number of aliphatic hydroxyl groups is 1. The van der Waals surface area contributed by atoms with Crippen LogP contribution in [0.3, 0.4) is 0 Å². The van der Waals surface area contributed by atoms with Crippen molar-refractivity contribution in [3.05, 3.63) is 29.8 Å². The molecule has 0 saturated carbocycles. The van der Waals surface area contributed by atoms with Crippen LogP contribution in [0, 0.1) is 0 Å². The summed E-state index contributed by atoms with van der Waals surface area (Å²) in [5, 5.41) is 9.79. The van der Waals surface area contributed by atoms with Crippen molar-refractivity contribution in [3.63, 3.8) is 0 Å². The highest BCUT2D eigenvalue weighted by Crippen LogP contribution is 2.32. The summed E-state index contributed by atoms with van der Waals surface area (Å²) >= 11 is 0. The number of nitrogens with zero attached hydrogens (tertiary/aromatic N) is 1. The molecule has 88 valence electrons. The van der Waals surface area contributed by atoms with Crippen LogP contribution in [0.4, 0.5) is 5.69 Å². The zero-order valence-electron chi connectivity index (χ0n) is 10.4. The molecule has 0 saturated heterocycles. The first-order chi connectivity index (χ1) is 7.47. The van der Waals surface area contributed by atoms with Gasteiger partial charge in [0.25, 0.3) is 0 Å². The van der Waals surface area contributed by atoms with Gasteiger partial charge in [-0.3, -0.25) is 0 Å². The molecule has 0 amide bonds. The van der Waals surface area contributed by atoms with E-state index in [0.717, 1.165) is 19.4 Å². The van der Waals surface area contributed by atoms with Gasteiger partial charge in [0.15, 0.2) is 0 Å². The Morgan fingerprint density at radius 2 is 2.06 bits per heavy atom. The molecule has 16 heavy (non-hydrogen) atoms. The Bertz CT molecular complexity index is 367. The summed E-state index contributed by atoms with van der Waals surface area (Å²) < 4.78 is 0. The molecule has 1 heterocycles. The van der Waals surface area contributed by atoms with Gasteiger partial charge in [0.05, 0.1) is 5.60 Å². The topological polar surface area (TPSA) is 23.5 Å². The zero-order chi connectivity index (χ0) is 11.8. The predicted molar refractivity (Wildman–Crippen MR) is 67.9 cm³/mol. The number of para-hydroxylation sites is 1. The predicted octanol–water partition coefficient (Wildman–Crippen LogP) is 2.60. The monoisotopic (exact) mass is 219 g/mol. The second kappa shape index (κ2) is 4.10. The number of hydrogen-bond acceptors (Lipinski definition) is 2. The summed E-state index contributed by atoms with van der Waals surface area (Å²) in [7, 11) is 0. The summed E-state index contributed by atoms with van der Waals surface area (Å²) in [6.07, 6.45) is 1.94. The minimum atomic E-state index is -0.572. The van der Waals surface area contributed by atoms with E-state index in [2.05, 4.69) is 36.1 Å². The molecule has 1 aliphatic rings. The summed E-state index contributed by atoms with van der Waals surface area (Å²) in [6.45, 7) is 6.94. The van der Waals surface area contributed by atoms with Gasteiger partial charge in [0.1, 0.15) is 0 Å². The number of hydrogen-bond donors (Lipinski definition) is 1. The van der Waals surface area contributed by atoms with Crippen LogP contribution in [-0.2, 0) is 6.42 Å². The molecule has 2 nitrogen and oxygen atoms in total. The molecule has 0 fully saturated rings. The molecule has 1 unspecified atom stereocenters. The molecule has 2 heteroatoms. The van der Waals surface area contributed by atoms with E-state index < -0.39 is 5.60 Å². The fraction of sp³-hybridized carbons (Fsp3) is 0.571. The normalized spacial score (nSPS) is 20.0. The van der Waals surface area contributed by atoms with Gasteiger partial charge >= 0.3 is 0 Å². The van der Waals surface area contributed by atoms with Gasteiger partial charge in [0.2, 0.25) is 0 Å². The van der Waals surface area contributed by atoms with Crippen molar-refractivity contribution in [3.8, 4) is 0 Å². The lowest BCUT2D eigenvalue weighted by Gasteiger charge is -2.28. The molecule has 0 radical (unpaired) electrons. The second-order valence-corrected chi connectivity index (χ2v) is 5.44. The lowest BCUT2D eigenvalue weighted by molar-refractivity contribution is 0.0728. The van der Waals surface area contributed by atoms with Gasteiger partial charge in [-0.05, 0) is 45.2 Å². The SMILES string of the molecule is CC1Cc2ccccc2N1CCC(C)(C)O. The first-order valence-corrected chi connectivity index (χ1v) is 6.04. The van der Waals surface area contributed by atoms with E-state index in [-0.39, 0.29) is 0 Å². The Morgan fingerprint density at radius 3 is 2.75 bits per heavy atom. The van der Waals surface area contributed by atoms with E-state index in [0.29, 0.717) is 6.04 Å². The van der Waals surface area contributed by atoms with Gasteiger partial charge in [-0.1, -0.05) is 18.2 Å². The largest absolute Gasteiger partial charge is 0.390 e. The third-order valence-corrected chi connectivity index (χ3v) is 3.31.